The molecular formula is C21H36N4O3. The molecule has 0 heterocycles. The van der Waals surface area contributed by atoms with Crippen molar-refractivity contribution in [1.82, 2.24) is 16.0 Å². The van der Waals surface area contributed by atoms with Crippen LogP contribution in [0.2, 0.25) is 0 Å². The van der Waals surface area contributed by atoms with Crippen molar-refractivity contribution in [2.45, 2.75) is 58.6 Å². The number of benzene rings is 1. The lowest BCUT2D eigenvalue weighted by Crippen LogP contribution is -2.47. The van der Waals surface area contributed by atoms with E-state index < -0.39 is 5.60 Å². The largest absolute Gasteiger partial charge is 0.497 e. The Morgan fingerprint density at radius 1 is 1.07 bits per heavy atom. The number of amides is 1. The van der Waals surface area contributed by atoms with Crippen molar-refractivity contribution in [2.75, 3.05) is 26.7 Å². The molecule has 158 valence electrons. The number of ether oxygens (including phenoxy) is 1. The summed E-state index contributed by atoms with van der Waals surface area (Å²) in [4.78, 5) is 16.4. The molecule has 0 unspecified atom stereocenters. The van der Waals surface area contributed by atoms with Crippen LogP contribution in [0.25, 0.3) is 0 Å². The molecule has 4 N–H and O–H groups in total. The average Bonchev–Trinajstić information content (AvgIpc) is 2.69. The molecule has 0 saturated heterocycles. The van der Waals surface area contributed by atoms with Gasteiger partial charge in [0, 0.05) is 19.6 Å². The zero-order chi connectivity index (χ0) is 20.8. The number of rotatable bonds is 12. The summed E-state index contributed by atoms with van der Waals surface area (Å²) in [5, 5.41) is 19.9. The predicted molar refractivity (Wildman–Crippen MR) is 114 cm³/mol. The summed E-state index contributed by atoms with van der Waals surface area (Å²) < 4.78 is 5.12. The predicted octanol–water partition coefficient (Wildman–Crippen LogP) is 2.20. The number of carbonyl (C=O) groups is 1. The van der Waals surface area contributed by atoms with Crippen LogP contribution in [0, 0.1) is 0 Å². The molecule has 0 saturated carbocycles. The Morgan fingerprint density at radius 2 is 1.71 bits per heavy atom. The van der Waals surface area contributed by atoms with Crippen LogP contribution < -0.4 is 20.7 Å². The van der Waals surface area contributed by atoms with Gasteiger partial charge in [0.2, 0.25) is 5.91 Å². The molecule has 1 aromatic rings. The second-order valence-electron chi connectivity index (χ2n) is 6.90. The highest BCUT2D eigenvalue weighted by Crippen LogP contribution is 2.18. The fourth-order valence-corrected chi connectivity index (χ4v) is 2.97. The number of hydrogen-bond acceptors (Lipinski definition) is 4. The number of carbonyl (C=O) groups excluding carboxylic acids is 1. The summed E-state index contributed by atoms with van der Waals surface area (Å²) in [5.41, 5.74) is 0.239. The number of methoxy groups -OCH3 is 1. The molecule has 0 aliphatic rings. The highest BCUT2D eigenvalue weighted by atomic mass is 16.5. The third kappa shape index (κ3) is 9.08. The minimum Gasteiger partial charge on any atom is -0.497 e. The Hall–Kier alpha value is -2.28. The van der Waals surface area contributed by atoms with Gasteiger partial charge in [0.05, 0.1) is 12.7 Å². The van der Waals surface area contributed by atoms with E-state index in [1.165, 1.54) is 0 Å². The molecule has 7 heteroatoms. The van der Waals surface area contributed by atoms with Gasteiger partial charge in [-0.2, -0.15) is 0 Å². The first-order chi connectivity index (χ1) is 13.5. The van der Waals surface area contributed by atoms with Gasteiger partial charge in [-0.05, 0) is 37.5 Å². The molecule has 0 radical (unpaired) electrons. The summed E-state index contributed by atoms with van der Waals surface area (Å²) in [7, 11) is 1.62. The molecular weight excluding hydrogens is 356 g/mol. The monoisotopic (exact) mass is 392 g/mol. The van der Waals surface area contributed by atoms with Crippen LogP contribution in [0.5, 0.6) is 5.75 Å². The molecule has 0 atom stereocenters. The van der Waals surface area contributed by atoms with E-state index in [1.54, 1.807) is 7.11 Å². The summed E-state index contributed by atoms with van der Waals surface area (Å²) in [6.45, 7) is 7.64. The van der Waals surface area contributed by atoms with Gasteiger partial charge in [-0.25, -0.2) is 4.99 Å². The van der Waals surface area contributed by atoms with Crippen LogP contribution >= 0.6 is 0 Å². The Morgan fingerprint density at radius 3 is 2.25 bits per heavy atom. The van der Waals surface area contributed by atoms with Crippen molar-refractivity contribution in [3.8, 4) is 5.75 Å². The quantitative estimate of drug-likeness (QED) is 0.323. The van der Waals surface area contributed by atoms with Gasteiger partial charge < -0.3 is 25.8 Å². The van der Waals surface area contributed by atoms with E-state index in [4.69, 9.17) is 4.74 Å². The molecule has 1 aromatic carbocycles. The fraction of sp³-hybridized carbons (Fsp3) is 0.619. The topological polar surface area (TPSA) is 95.0 Å². The molecule has 0 aliphatic carbocycles. The van der Waals surface area contributed by atoms with E-state index in [2.05, 4.69) is 34.8 Å². The van der Waals surface area contributed by atoms with Crippen molar-refractivity contribution in [1.29, 1.82) is 0 Å². The molecule has 7 nitrogen and oxygen atoms in total. The van der Waals surface area contributed by atoms with Crippen molar-refractivity contribution in [3.05, 3.63) is 29.8 Å². The molecule has 1 rings (SSSR count). The Kier molecular flexibility index (Phi) is 11.0. The van der Waals surface area contributed by atoms with E-state index in [0.717, 1.165) is 37.0 Å². The zero-order valence-electron chi connectivity index (χ0n) is 17.7. The van der Waals surface area contributed by atoms with Gasteiger partial charge in [-0.3, -0.25) is 4.79 Å². The van der Waals surface area contributed by atoms with Gasteiger partial charge in [-0.1, -0.05) is 38.8 Å². The first-order valence-electron chi connectivity index (χ1n) is 10.1. The second-order valence-corrected chi connectivity index (χ2v) is 6.90. The summed E-state index contributed by atoms with van der Waals surface area (Å²) >= 11 is 0. The number of aliphatic imine (C=N–C) groups is 1. The summed E-state index contributed by atoms with van der Waals surface area (Å²) in [6, 6.07) is 7.55. The highest BCUT2D eigenvalue weighted by Gasteiger charge is 2.24. The van der Waals surface area contributed by atoms with Gasteiger partial charge in [-0.15, -0.1) is 0 Å². The minimum absolute atomic E-state index is 0.0193. The van der Waals surface area contributed by atoms with Crippen LogP contribution in [-0.2, 0) is 11.3 Å². The molecule has 28 heavy (non-hydrogen) atoms. The molecule has 0 spiro atoms. The lowest BCUT2D eigenvalue weighted by atomic mass is 9.93. The van der Waals surface area contributed by atoms with Crippen molar-refractivity contribution in [3.63, 3.8) is 0 Å². The first kappa shape index (κ1) is 23.8. The van der Waals surface area contributed by atoms with Gasteiger partial charge in [0.25, 0.3) is 0 Å². The highest BCUT2D eigenvalue weighted by molar-refractivity contribution is 5.84. The van der Waals surface area contributed by atoms with E-state index in [1.807, 2.05) is 31.2 Å². The van der Waals surface area contributed by atoms with Crippen LogP contribution in [0.4, 0.5) is 0 Å². The molecule has 0 fully saturated rings. The number of guanidine groups is 1. The maximum absolute atomic E-state index is 12.1. The summed E-state index contributed by atoms with van der Waals surface area (Å²) in [5.74, 6) is 1.16. The maximum atomic E-state index is 12.1. The van der Waals surface area contributed by atoms with E-state index >= 15 is 0 Å². The smallest absolute Gasteiger partial charge is 0.242 e. The SMILES string of the molecule is CCCC(O)(CCC)CNC(=NCC(=O)NCc1ccc(OC)cc1)NCC. The third-order valence-electron chi connectivity index (χ3n) is 4.39. The normalized spacial score (nSPS) is 11.8. The van der Waals surface area contributed by atoms with E-state index in [0.29, 0.717) is 25.6 Å². The van der Waals surface area contributed by atoms with Gasteiger partial charge in [0.15, 0.2) is 5.96 Å². The molecule has 1 amide bonds. The van der Waals surface area contributed by atoms with Crippen molar-refractivity contribution in [2.24, 2.45) is 4.99 Å². The van der Waals surface area contributed by atoms with Crippen LogP contribution in [0.1, 0.15) is 52.0 Å². The Balaban J connectivity index is 2.53. The van der Waals surface area contributed by atoms with Crippen LogP contribution in [-0.4, -0.2) is 49.3 Å². The fourth-order valence-electron chi connectivity index (χ4n) is 2.97. The molecule has 0 bridgehead atoms. The zero-order valence-corrected chi connectivity index (χ0v) is 17.7. The average molecular weight is 393 g/mol. The standard InChI is InChI=1S/C21H36N4O3/c1-5-12-21(27,13-6-2)16-25-20(22-7-3)24-15-19(26)23-14-17-8-10-18(28-4)11-9-17/h8-11,27H,5-7,12-16H2,1-4H3,(H,23,26)(H2,22,24,25). The lowest BCUT2D eigenvalue weighted by Gasteiger charge is -2.28. The van der Waals surface area contributed by atoms with Gasteiger partial charge >= 0.3 is 0 Å². The lowest BCUT2D eigenvalue weighted by molar-refractivity contribution is -0.119. The third-order valence-corrected chi connectivity index (χ3v) is 4.39. The van der Waals surface area contributed by atoms with Crippen LogP contribution in [0.3, 0.4) is 0 Å². The Bertz CT molecular complexity index is 596. The second kappa shape index (κ2) is 13.0. The molecule has 0 aromatic heterocycles. The van der Waals surface area contributed by atoms with Crippen LogP contribution in [0.15, 0.2) is 29.3 Å². The first-order valence-corrected chi connectivity index (χ1v) is 10.1. The summed E-state index contributed by atoms with van der Waals surface area (Å²) in [6.07, 6.45) is 3.30. The number of aliphatic hydroxyl groups is 1. The number of hydrogen-bond donors (Lipinski definition) is 4. The van der Waals surface area contributed by atoms with Crippen molar-refractivity contribution >= 4 is 11.9 Å². The van der Waals surface area contributed by atoms with E-state index in [-0.39, 0.29) is 12.5 Å². The van der Waals surface area contributed by atoms with E-state index in [9.17, 15) is 9.90 Å². The molecule has 0 aliphatic heterocycles. The number of nitrogens with one attached hydrogen (secondary N) is 3. The van der Waals surface area contributed by atoms with Gasteiger partial charge in [0.1, 0.15) is 12.3 Å². The Labute approximate surface area is 169 Å². The van der Waals surface area contributed by atoms with Crippen molar-refractivity contribution < 1.29 is 14.6 Å². The number of nitrogens with zero attached hydrogens (tertiary/aromatic N) is 1. The minimum atomic E-state index is -0.754. The maximum Gasteiger partial charge on any atom is 0.242 e.